The first-order valence-electron chi connectivity index (χ1n) is 9.42. The molecule has 6 nitrogen and oxygen atoms in total. The van der Waals surface area contributed by atoms with Crippen molar-refractivity contribution in [1.82, 2.24) is 15.3 Å². The Hall–Kier alpha value is -2.51. The molecule has 0 spiro atoms. The van der Waals surface area contributed by atoms with E-state index in [2.05, 4.69) is 10.2 Å². The Morgan fingerprint density at radius 3 is 2.71 bits per heavy atom. The van der Waals surface area contributed by atoms with Crippen LogP contribution in [0.25, 0.3) is 21.6 Å². The number of rotatable bonds is 9. The van der Waals surface area contributed by atoms with Gasteiger partial charge in [0.05, 0.1) is 17.0 Å². The number of carbonyl (C=O) groups excluding carboxylic acids is 1. The topological polar surface area (TPSA) is 67.3 Å². The maximum absolute atomic E-state index is 12.2. The van der Waals surface area contributed by atoms with Crippen LogP contribution >= 0.6 is 11.3 Å². The van der Waals surface area contributed by atoms with Crippen LogP contribution in [0.2, 0.25) is 0 Å². The standard InChI is InChI=1S/C21H26N4O2S/c1-15(2)22-19(26)10-11-25(12-13-27-3)21-16-7-4-5-8-17(16)23-20(24-21)18-9-6-14-28-18/h4-9,14-15H,10-13H2,1-3H3,(H,22,26). The van der Waals surface area contributed by atoms with Gasteiger partial charge in [-0.1, -0.05) is 18.2 Å². The number of hydrogen-bond acceptors (Lipinski definition) is 6. The van der Waals surface area contributed by atoms with Crippen LogP contribution in [-0.2, 0) is 9.53 Å². The molecule has 1 aromatic carbocycles. The second-order valence-electron chi connectivity index (χ2n) is 6.82. The summed E-state index contributed by atoms with van der Waals surface area (Å²) in [7, 11) is 1.68. The molecular formula is C21H26N4O2S. The lowest BCUT2D eigenvalue weighted by Crippen LogP contribution is -2.36. The van der Waals surface area contributed by atoms with Crippen molar-refractivity contribution in [3.63, 3.8) is 0 Å². The van der Waals surface area contributed by atoms with Gasteiger partial charge >= 0.3 is 0 Å². The highest BCUT2D eigenvalue weighted by molar-refractivity contribution is 7.13. The maximum Gasteiger partial charge on any atom is 0.221 e. The Kier molecular flexibility index (Phi) is 6.95. The van der Waals surface area contributed by atoms with E-state index in [0.29, 0.717) is 31.9 Å². The lowest BCUT2D eigenvalue weighted by atomic mass is 10.2. The van der Waals surface area contributed by atoms with Crippen LogP contribution < -0.4 is 10.2 Å². The Labute approximate surface area is 169 Å². The van der Waals surface area contributed by atoms with Gasteiger partial charge in [-0.3, -0.25) is 4.79 Å². The summed E-state index contributed by atoms with van der Waals surface area (Å²) in [5, 5.41) is 5.94. The maximum atomic E-state index is 12.2. The van der Waals surface area contributed by atoms with Crippen molar-refractivity contribution in [3.8, 4) is 10.7 Å². The zero-order chi connectivity index (χ0) is 19.9. The second kappa shape index (κ2) is 9.61. The number of nitrogens with zero attached hydrogens (tertiary/aromatic N) is 3. The average Bonchev–Trinajstić information content (AvgIpc) is 3.22. The van der Waals surface area contributed by atoms with Crippen molar-refractivity contribution in [2.24, 2.45) is 0 Å². The highest BCUT2D eigenvalue weighted by atomic mass is 32.1. The number of ether oxygens (including phenoxy) is 1. The van der Waals surface area contributed by atoms with E-state index in [9.17, 15) is 4.79 Å². The molecule has 0 aliphatic rings. The van der Waals surface area contributed by atoms with Gasteiger partial charge in [-0.05, 0) is 37.4 Å². The fraction of sp³-hybridized carbons (Fsp3) is 0.381. The summed E-state index contributed by atoms with van der Waals surface area (Å²) in [6, 6.07) is 12.1. The molecular weight excluding hydrogens is 372 g/mol. The normalized spacial score (nSPS) is 11.1. The van der Waals surface area contributed by atoms with Crippen molar-refractivity contribution in [2.45, 2.75) is 26.3 Å². The third-order valence-corrected chi connectivity index (χ3v) is 5.11. The lowest BCUT2D eigenvalue weighted by Gasteiger charge is -2.25. The monoisotopic (exact) mass is 398 g/mol. The van der Waals surface area contributed by atoms with E-state index in [1.54, 1.807) is 18.4 Å². The third-order valence-electron chi connectivity index (χ3n) is 4.25. The predicted octanol–water partition coefficient (Wildman–Crippen LogP) is 3.73. The van der Waals surface area contributed by atoms with Gasteiger partial charge in [-0.25, -0.2) is 9.97 Å². The number of carbonyl (C=O) groups is 1. The van der Waals surface area contributed by atoms with E-state index in [4.69, 9.17) is 14.7 Å². The van der Waals surface area contributed by atoms with Crippen LogP contribution in [0.4, 0.5) is 5.82 Å². The molecule has 28 heavy (non-hydrogen) atoms. The summed E-state index contributed by atoms with van der Waals surface area (Å²) < 4.78 is 5.30. The average molecular weight is 399 g/mol. The van der Waals surface area contributed by atoms with Crippen LogP contribution in [-0.4, -0.2) is 48.7 Å². The Bertz CT molecular complexity index is 912. The number of para-hydroxylation sites is 1. The summed E-state index contributed by atoms with van der Waals surface area (Å²) in [6.07, 6.45) is 0.397. The number of aromatic nitrogens is 2. The molecule has 1 amide bonds. The minimum atomic E-state index is 0.0364. The van der Waals surface area contributed by atoms with E-state index in [0.717, 1.165) is 21.6 Å². The molecule has 3 rings (SSSR count). The molecule has 0 bridgehead atoms. The molecule has 0 atom stereocenters. The summed E-state index contributed by atoms with van der Waals surface area (Å²) in [5.41, 5.74) is 0.893. The van der Waals surface area contributed by atoms with E-state index in [1.165, 1.54) is 0 Å². The number of thiophene rings is 1. The highest BCUT2D eigenvalue weighted by Gasteiger charge is 2.17. The molecule has 0 radical (unpaired) electrons. The van der Waals surface area contributed by atoms with Gasteiger partial charge in [0.15, 0.2) is 5.82 Å². The SMILES string of the molecule is COCCN(CCC(=O)NC(C)C)c1nc(-c2cccs2)nc2ccccc12. The summed E-state index contributed by atoms with van der Waals surface area (Å²) in [4.78, 5) is 24.9. The Balaban J connectivity index is 1.96. The highest BCUT2D eigenvalue weighted by Crippen LogP contribution is 2.29. The molecule has 0 fully saturated rings. The smallest absolute Gasteiger partial charge is 0.221 e. The van der Waals surface area contributed by atoms with Gasteiger partial charge in [0.2, 0.25) is 5.91 Å². The van der Waals surface area contributed by atoms with Crippen molar-refractivity contribution >= 4 is 34.0 Å². The van der Waals surface area contributed by atoms with Gasteiger partial charge in [0.1, 0.15) is 5.82 Å². The number of fused-ring (bicyclic) bond motifs is 1. The van der Waals surface area contributed by atoms with Crippen molar-refractivity contribution in [2.75, 3.05) is 31.7 Å². The molecule has 3 aromatic rings. The summed E-state index contributed by atoms with van der Waals surface area (Å²) in [5.74, 6) is 1.58. The van der Waals surface area contributed by atoms with Crippen LogP contribution in [0.5, 0.6) is 0 Å². The zero-order valence-corrected chi connectivity index (χ0v) is 17.3. The van der Waals surface area contributed by atoms with Gasteiger partial charge in [-0.2, -0.15) is 0 Å². The first-order valence-corrected chi connectivity index (χ1v) is 10.3. The molecule has 0 saturated carbocycles. The van der Waals surface area contributed by atoms with Gasteiger partial charge in [0, 0.05) is 38.0 Å². The Morgan fingerprint density at radius 2 is 2.00 bits per heavy atom. The molecule has 0 unspecified atom stereocenters. The fourth-order valence-electron chi connectivity index (χ4n) is 2.97. The van der Waals surface area contributed by atoms with Crippen molar-refractivity contribution < 1.29 is 9.53 Å². The number of nitrogens with one attached hydrogen (secondary N) is 1. The fourth-order valence-corrected chi connectivity index (χ4v) is 3.63. The van der Waals surface area contributed by atoms with E-state index >= 15 is 0 Å². The predicted molar refractivity (Wildman–Crippen MR) is 115 cm³/mol. The number of amides is 1. The largest absolute Gasteiger partial charge is 0.383 e. The van der Waals surface area contributed by atoms with Gasteiger partial charge in [-0.15, -0.1) is 11.3 Å². The quantitative estimate of drug-likeness (QED) is 0.595. The molecule has 148 valence electrons. The number of methoxy groups -OCH3 is 1. The molecule has 2 heterocycles. The van der Waals surface area contributed by atoms with Crippen LogP contribution in [0.1, 0.15) is 20.3 Å². The third kappa shape index (κ3) is 5.05. The van der Waals surface area contributed by atoms with Gasteiger partial charge in [0.25, 0.3) is 0 Å². The molecule has 1 N–H and O–H groups in total. The molecule has 2 aromatic heterocycles. The van der Waals surface area contributed by atoms with E-state index < -0.39 is 0 Å². The minimum absolute atomic E-state index is 0.0364. The summed E-state index contributed by atoms with van der Waals surface area (Å²) in [6.45, 7) is 5.69. The van der Waals surface area contributed by atoms with Crippen LogP contribution in [0, 0.1) is 0 Å². The van der Waals surface area contributed by atoms with E-state index in [-0.39, 0.29) is 11.9 Å². The molecule has 0 saturated heterocycles. The van der Waals surface area contributed by atoms with Gasteiger partial charge < -0.3 is 15.0 Å². The van der Waals surface area contributed by atoms with Crippen molar-refractivity contribution in [1.29, 1.82) is 0 Å². The van der Waals surface area contributed by atoms with Crippen LogP contribution in [0.15, 0.2) is 41.8 Å². The first kappa shape index (κ1) is 20.2. The number of benzene rings is 1. The van der Waals surface area contributed by atoms with Crippen molar-refractivity contribution in [3.05, 3.63) is 41.8 Å². The van der Waals surface area contributed by atoms with Crippen LogP contribution in [0.3, 0.4) is 0 Å². The number of anilines is 1. The summed E-state index contributed by atoms with van der Waals surface area (Å²) >= 11 is 1.62. The zero-order valence-electron chi connectivity index (χ0n) is 16.5. The molecule has 7 heteroatoms. The first-order chi connectivity index (χ1) is 13.6. The van der Waals surface area contributed by atoms with E-state index in [1.807, 2.05) is 55.6 Å². The molecule has 0 aliphatic heterocycles. The second-order valence-corrected chi connectivity index (χ2v) is 7.77. The lowest BCUT2D eigenvalue weighted by molar-refractivity contribution is -0.121. The minimum Gasteiger partial charge on any atom is -0.383 e. The molecule has 0 aliphatic carbocycles. The number of hydrogen-bond donors (Lipinski definition) is 1. The Morgan fingerprint density at radius 1 is 1.18 bits per heavy atom.